The molecule has 0 unspecified atom stereocenters. The Kier molecular flexibility index (Phi) is 6.77. The van der Waals surface area contributed by atoms with Gasteiger partial charge in [-0.3, -0.25) is 9.69 Å². The summed E-state index contributed by atoms with van der Waals surface area (Å²) in [4.78, 5) is 15.4. The SMILES string of the molecule is CN(C)S(=O)(=O)c1ccc(Cl)c(C(=O)N2CCCN(CC(F)(F)F)CC2)c1. The monoisotopic (exact) mass is 427 g/mol. The minimum Gasteiger partial charge on any atom is -0.337 e. The molecule has 1 amide bonds. The van der Waals surface area contributed by atoms with E-state index in [2.05, 4.69) is 0 Å². The summed E-state index contributed by atoms with van der Waals surface area (Å²) in [6, 6.07) is 3.85. The van der Waals surface area contributed by atoms with E-state index < -0.39 is 28.7 Å². The molecule has 0 N–H and O–H groups in total. The minimum atomic E-state index is -4.29. The summed E-state index contributed by atoms with van der Waals surface area (Å²) in [6.07, 6.45) is -3.91. The van der Waals surface area contributed by atoms with Crippen LogP contribution in [-0.2, 0) is 10.0 Å². The number of benzene rings is 1. The quantitative estimate of drug-likeness (QED) is 0.739. The maximum Gasteiger partial charge on any atom is 0.401 e. The minimum absolute atomic E-state index is 0.0175. The van der Waals surface area contributed by atoms with Crippen LogP contribution >= 0.6 is 11.6 Å². The number of hydrogen-bond donors (Lipinski definition) is 0. The van der Waals surface area contributed by atoms with Gasteiger partial charge < -0.3 is 4.90 Å². The number of amides is 1. The second-order valence-corrected chi connectivity index (χ2v) is 9.03. The van der Waals surface area contributed by atoms with Crippen molar-refractivity contribution in [1.82, 2.24) is 14.1 Å². The Morgan fingerprint density at radius 2 is 1.85 bits per heavy atom. The van der Waals surface area contributed by atoms with Crippen molar-refractivity contribution in [1.29, 1.82) is 0 Å². The van der Waals surface area contributed by atoms with E-state index in [4.69, 9.17) is 11.6 Å². The van der Waals surface area contributed by atoms with Crippen molar-refractivity contribution in [2.75, 3.05) is 46.8 Å². The van der Waals surface area contributed by atoms with E-state index in [0.29, 0.717) is 6.42 Å². The average molecular weight is 428 g/mol. The van der Waals surface area contributed by atoms with Crippen LogP contribution in [0.4, 0.5) is 13.2 Å². The lowest BCUT2D eigenvalue weighted by molar-refractivity contribution is -0.145. The first-order valence-electron chi connectivity index (χ1n) is 8.22. The molecule has 0 aliphatic carbocycles. The van der Waals surface area contributed by atoms with E-state index in [1.165, 1.54) is 42.1 Å². The summed E-state index contributed by atoms with van der Waals surface area (Å²) in [5.74, 6) is -0.496. The van der Waals surface area contributed by atoms with E-state index in [1.807, 2.05) is 0 Å². The third-order valence-corrected chi connectivity index (χ3v) is 6.37. The molecule has 2 rings (SSSR count). The molecule has 1 saturated heterocycles. The van der Waals surface area contributed by atoms with Gasteiger partial charge in [-0.15, -0.1) is 0 Å². The Hall–Kier alpha value is -1.36. The van der Waals surface area contributed by atoms with Gasteiger partial charge in [0.05, 0.1) is 22.0 Å². The van der Waals surface area contributed by atoms with E-state index in [-0.39, 0.29) is 41.7 Å². The second kappa shape index (κ2) is 8.34. The molecule has 1 aromatic rings. The maximum atomic E-state index is 12.8. The van der Waals surface area contributed by atoms with Gasteiger partial charge in [0.2, 0.25) is 10.0 Å². The summed E-state index contributed by atoms with van der Waals surface area (Å²) >= 11 is 6.08. The van der Waals surface area contributed by atoms with Crippen molar-refractivity contribution in [2.45, 2.75) is 17.5 Å². The Morgan fingerprint density at radius 1 is 1.19 bits per heavy atom. The number of hydrogen-bond acceptors (Lipinski definition) is 4. The highest BCUT2D eigenvalue weighted by Gasteiger charge is 2.32. The van der Waals surface area contributed by atoms with Gasteiger partial charge in [0.25, 0.3) is 5.91 Å². The molecular formula is C16H21ClF3N3O3S. The highest BCUT2D eigenvalue weighted by molar-refractivity contribution is 7.89. The van der Waals surface area contributed by atoms with Crippen LogP contribution in [0.2, 0.25) is 5.02 Å². The third kappa shape index (κ3) is 5.56. The first-order chi connectivity index (χ1) is 12.4. The Balaban J connectivity index is 2.20. The molecule has 0 aromatic heterocycles. The Morgan fingerprint density at radius 3 is 2.44 bits per heavy atom. The molecule has 0 radical (unpaired) electrons. The van der Waals surface area contributed by atoms with E-state index in [0.717, 1.165) is 4.31 Å². The van der Waals surface area contributed by atoms with Gasteiger partial charge in [0.15, 0.2) is 0 Å². The number of nitrogens with zero attached hydrogens (tertiary/aromatic N) is 3. The molecule has 1 aromatic carbocycles. The fraction of sp³-hybridized carbons (Fsp3) is 0.562. The second-order valence-electron chi connectivity index (χ2n) is 6.47. The van der Waals surface area contributed by atoms with Gasteiger partial charge in [0.1, 0.15) is 0 Å². The fourth-order valence-electron chi connectivity index (χ4n) is 2.80. The van der Waals surface area contributed by atoms with Crippen molar-refractivity contribution in [3.05, 3.63) is 28.8 Å². The van der Waals surface area contributed by atoms with Crippen LogP contribution in [0.3, 0.4) is 0 Å². The predicted molar refractivity (Wildman–Crippen MR) is 95.3 cm³/mol. The normalized spacial score (nSPS) is 17.2. The molecule has 1 fully saturated rings. The third-order valence-electron chi connectivity index (χ3n) is 4.23. The molecular weight excluding hydrogens is 407 g/mol. The summed E-state index contributed by atoms with van der Waals surface area (Å²) < 4.78 is 63.3. The molecule has 0 spiro atoms. The standard InChI is InChI=1S/C16H21ClF3N3O3S/c1-21(2)27(25,26)12-4-5-14(17)13(10-12)15(24)23-7-3-6-22(8-9-23)11-16(18,19)20/h4-5,10H,3,6-9,11H2,1-2H3. The average Bonchev–Trinajstić information content (AvgIpc) is 2.78. The zero-order chi connectivity index (χ0) is 20.4. The van der Waals surface area contributed by atoms with Gasteiger partial charge in [-0.05, 0) is 24.6 Å². The zero-order valence-corrected chi connectivity index (χ0v) is 16.5. The van der Waals surface area contributed by atoms with Crippen LogP contribution in [0.15, 0.2) is 23.1 Å². The van der Waals surface area contributed by atoms with Gasteiger partial charge >= 0.3 is 6.18 Å². The van der Waals surface area contributed by atoms with E-state index in [9.17, 15) is 26.4 Å². The highest BCUT2D eigenvalue weighted by Crippen LogP contribution is 2.24. The predicted octanol–water partition coefficient (Wildman–Crippen LogP) is 2.30. The first-order valence-corrected chi connectivity index (χ1v) is 10.0. The van der Waals surface area contributed by atoms with Crippen molar-refractivity contribution >= 4 is 27.5 Å². The van der Waals surface area contributed by atoms with Crippen LogP contribution in [0.5, 0.6) is 0 Å². The Labute approximate surface area is 161 Å². The summed E-state index contributed by atoms with van der Waals surface area (Å²) in [7, 11) is -1.00. The number of sulfonamides is 1. The fourth-order valence-corrected chi connectivity index (χ4v) is 3.92. The van der Waals surface area contributed by atoms with Crippen molar-refractivity contribution in [3.63, 3.8) is 0 Å². The number of carbonyl (C=O) groups is 1. The van der Waals surface area contributed by atoms with Gasteiger partial charge in [0, 0.05) is 40.3 Å². The van der Waals surface area contributed by atoms with Crippen LogP contribution in [-0.4, -0.2) is 81.4 Å². The van der Waals surface area contributed by atoms with Crippen molar-refractivity contribution in [3.8, 4) is 0 Å². The van der Waals surface area contributed by atoms with Crippen molar-refractivity contribution < 1.29 is 26.4 Å². The molecule has 1 aliphatic heterocycles. The lowest BCUT2D eigenvalue weighted by Crippen LogP contribution is -2.38. The topological polar surface area (TPSA) is 60.9 Å². The molecule has 1 aliphatic rings. The van der Waals surface area contributed by atoms with Crippen LogP contribution in [0.25, 0.3) is 0 Å². The van der Waals surface area contributed by atoms with Crippen LogP contribution in [0.1, 0.15) is 16.8 Å². The zero-order valence-electron chi connectivity index (χ0n) is 15.0. The molecule has 11 heteroatoms. The lowest BCUT2D eigenvalue weighted by Gasteiger charge is -2.23. The first kappa shape index (κ1) is 21.9. The smallest absolute Gasteiger partial charge is 0.337 e. The van der Waals surface area contributed by atoms with Gasteiger partial charge in [-0.1, -0.05) is 11.6 Å². The molecule has 0 saturated carbocycles. The van der Waals surface area contributed by atoms with Crippen molar-refractivity contribution in [2.24, 2.45) is 0 Å². The largest absolute Gasteiger partial charge is 0.401 e. The molecule has 0 bridgehead atoms. The summed E-state index contributed by atoms with van der Waals surface area (Å²) in [5.41, 5.74) is 0.0175. The number of carbonyl (C=O) groups excluding carboxylic acids is 1. The molecule has 6 nitrogen and oxygen atoms in total. The molecule has 27 heavy (non-hydrogen) atoms. The molecule has 0 atom stereocenters. The van der Waals surface area contributed by atoms with E-state index in [1.54, 1.807) is 0 Å². The summed E-state index contributed by atoms with van der Waals surface area (Å²) in [5, 5.41) is 0.0918. The van der Waals surface area contributed by atoms with Crippen LogP contribution < -0.4 is 0 Å². The highest BCUT2D eigenvalue weighted by atomic mass is 35.5. The Bertz CT molecular complexity index is 800. The maximum absolute atomic E-state index is 12.8. The lowest BCUT2D eigenvalue weighted by atomic mass is 10.2. The molecule has 152 valence electrons. The van der Waals surface area contributed by atoms with E-state index >= 15 is 0 Å². The van der Waals surface area contributed by atoms with Crippen LogP contribution in [0, 0.1) is 0 Å². The number of rotatable bonds is 4. The summed E-state index contributed by atoms with van der Waals surface area (Å²) in [6.45, 7) is -0.332. The molecule has 1 heterocycles. The number of alkyl halides is 3. The van der Waals surface area contributed by atoms with Gasteiger partial charge in [-0.2, -0.15) is 13.2 Å². The van der Waals surface area contributed by atoms with Gasteiger partial charge in [-0.25, -0.2) is 12.7 Å². The number of halogens is 4.